The Kier molecular flexibility index (Phi) is 6.35. The fraction of sp³-hybridized carbons (Fsp3) is 0.538. The molecule has 0 bridgehead atoms. The van der Waals surface area contributed by atoms with Crippen LogP contribution in [0.2, 0.25) is 0 Å². The first kappa shape index (κ1) is 21.2. The summed E-state index contributed by atoms with van der Waals surface area (Å²) < 4.78 is 6.20. The van der Waals surface area contributed by atoms with Gasteiger partial charge in [0, 0.05) is 30.6 Å². The summed E-state index contributed by atoms with van der Waals surface area (Å²) in [5, 5.41) is 20.4. The minimum absolute atomic E-state index is 0.104. The van der Waals surface area contributed by atoms with Crippen LogP contribution in [0.1, 0.15) is 52.4 Å². The molecule has 0 radical (unpaired) electrons. The smallest absolute Gasteiger partial charge is 0.130 e. The molecule has 4 heteroatoms. The van der Waals surface area contributed by atoms with Crippen LogP contribution in [0.3, 0.4) is 0 Å². The third-order valence-electron chi connectivity index (χ3n) is 7.14. The predicted molar refractivity (Wildman–Crippen MR) is 121 cm³/mol. The molecule has 0 aromatic rings. The Morgan fingerprint density at radius 3 is 2.90 bits per heavy atom. The fourth-order valence-electron chi connectivity index (χ4n) is 5.12. The van der Waals surface area contributed by atoms with Crippen LogP contribution in [0, 0.1) is 5.92 Å². The molecule has 4 rings (SSSR count). The Bertz CT molecular complexity index is 858. The quantitative estimate of drug-likeness (QED) is 0.472. The molecule has 0 spiro atoms. The van der Waals surface area contributed by atoms with Gasteiger partial charge in [0.2, 0.25) is 0 Å². The van der Waals surface area contributed by atoms with Gasteiger partial charge in [-0.05, 0) is 56.6 Å². The van der Waals surface area contributed by atoms with Gasteiger partial charge in [0.25, 0.3) is 0 Å². The summed E-state index contributed by atoms with van der Waals surface area (Å²) >= 11 is 0. The van der Waals surface area contributed by atoms with E-state index in [0.717, 1.165) is 51.0 Å². The zero-order valence-corrected chi connectivity index (χ0v) is 18.4. The van der Waals surface area contributed by atoms with E-state index in [1.165, 1.54) is 27.9 Å². The summed E-state index contributed by atoms with van der Waals surface area (Å²) in [5.41, 5.74) is 6.65. The maximum atomic E-state index is 10.7. The van der Waals surface area contributed by atoms with Gasteiger partial charge >= 0.3 is 0 Å². The number of hydrogen-bond donors (Lipinski definition) is 2. The molecule has 30 heavy (non-hydrogen) atoms. The molecule has 4 aliphatic rings. The lowest BCUT2D eigenvalue weighted by Gasteiger charge is -2.45. The van der Waals surface area contributed by atoms with Gasteiger partial charge in [0.15, 0.2) is 0 Å². The van der Waals surface area contributed by atoms with Gasteiger partial charge in [-0.2, -0.15) is 0 Å². The van der Waals surface area contributed by atoms with Crippen molar-refractivity contribution in [3.8, 4) is 0 Å². The monoisotopic (exact) mass is 409 g/mol. The molecule has 2 aliphatic carbocycles. The highest BCUT2D eigenvalue weighted by atomic mass is 16.5. The SMILES string of the molecule is C=C(O)C(C)CC1=C(C)C2CC3=CCC(O)C(OCC4=CCCC=C4)=C3CN2CC1. The Labute approximate surface area is 180 Å². The summed E-state index contributed by atoms with van der Waals surface area (Å²) in [4.78, 5) is 2.53. The zero-order chi connectivity index (χ0) is 21.3. The highest BCUT2D eigenvalue weighted by Gasteiger charge is 2.37. The number of piperidine rings is 1. The Morgan fingerprint density at radius 1 is 1.33 bits per heavy atom. The number of rotatable bonds is 6. The molecule has 4 nitrogen and oxygen atoms in total. The van der Waals surface area contributed by atoms with Gasteiger partial charge in [-0.15, -0.1) is 0 Å². The van der Waals surface area contributed by atoms with Crippen molar-refractivity contribution in [2.45, 2.75) is 64.5 Å². The molecular formula is C26H35NO3. The van der Waals surface area contributed by atoms with Crippen LogP contribution in [-0.2, 0) is 4.74 Å². The molecule has 0 amide bonds. The van der Waals surface area contributed by atoms with Gasteiger partial charge < -0.3 is 14.9 Å². The fourth-order valence-corrected chi connectivity index (χ4v) is 5.12. The maximum Gasteiger partial charge on any atom is 0.130 e. The molecule has 2 N–H and O–H groups in total. The van der Waals surface area contributed by atoms with E-state index in [4.69, 9.17) is 4.74 Å². The minimum atomic E-state index is -0.540. The zero-order valence-electron chi connectivity index (χ0n) is 18.4. The number of ether oxygens (including phenoxy) is 1. The molecule has 0 aromatic heterocycles. The van der Waals surface area contributed by atoms with Crippen molar-refractivity contribution in [2.24, 2.45) is 5.92 Å². The van der Waals surface area contributed by atoms with Crippen molar-refractivity contribution in [2.75, 3.05) is 19.7 Å². The van der Waals surface area contributed by atoms with Crippen LogP contribution in [0.25, 0.3) is 0 Å². The largest absolute Gasteiger partial charge is 0.513 e. The molecule has 162 valence electrons. The summed E-state index contributed by atoms with van der Waals surface area (Å²) in [6, 6.07) is 0.406. The third kappa shape index (κ3) is 4.35. The number of aliphatic hydroxyl groups excluding tert-OH is 2. The van der Waals surface area contributed by atoms with Crippen LogP contribution in [0.5, 0.6) is 0 Å². The predicted octanol–water partition coefficient (Wildman–Crippen LogP) is 5.12. The van der Waals surface area contributed by atoms with Crippen molar-refractivity contribution < 1.29 is 14.9 Å². The summed E-state index contributed by atoms with van der Waals surface area (Å²) in [5.74, 6) is 1.16. The second-order valence-electron chi connectivity index (χ2n) is 9.19. The van der Waals surface area contributed by atoms with E-state index >= 15 is 0 Å². The number of allylic oxidation sites excluding steroid dienone is 3. The average Bonchev–Trinajstić information content (AvgIpc) is 2.75. The van der Waals surface area contributed by atoms with E-state index < -0.39 is 6.10 Å². The van der Waals surface area contributed by atoms with Crippen LogP contribution in [0.15, 0.2) is 70.3 Å². The molecule has 1 saturated heterocycles. The van der Waals surface area contributed by atoms with E-state index in [2.05, 4.69) is 42.7 Å². The van der Waals surface area contributed by atoms with Gasteiger partial charge in [-0.1, -0.05) is 49.0 Å². The Hall–Kier alpha value is -2.04. The number of fused-ring (bicyclic) bond motifs is 2. The molecule has 2 heterocycles. The lowest BCUT2D eigenvalue weighted by atomic mass is 9.79. The molecular weight excluding hydrogens is 374 g/mol. The van der Waals surface area contributed by atoms with Crippen LogP contribution in [0.4, 0.5) is 0 Å². The van der Waals surface area contributed by atoms with E-state index in [0.29, 0.717) is 19.1 Å². The van der Waals surface area contributed by atoms with Crippen LogP contribution in [-0.4, -0.2) is 47.0 Å². The normalized spacial score (nSPS) is 27.8. The van der Waals surface area contributed by atoms with Crippen LogP contribution >= 0.6 is 0 Å². The topological polar surface area (TPSA) is 52.9 Å². The van der Waals surface area contributed by atoms with Crippen molar-refractivity contribution in [1.82, 2.24) is 4.90 Å². The highest BCUT2D eigenvalue weighted by molar-refractivity contribution is 5.45. The lowest BCUT2D eigenvalue weighted by Crippen LogP contribution is -2.47. The minimum Gasteiger partial charge on any atom is -0.513 e. The summed E-state index contributed by atoms with van der Waals surface area (Å²) in [7, 11) is 0. The number of hydrogen-bond acceptors (Lipinski definition) is 4. The third-order valence-corrected chi connectivity index (χ3v) is 7.14. The molecule has 0 aromatic carbocycles. The second kappa shape index (κ2) is 8.99. The molecule has 0 saturated carbocycles. The summed E-state index contributed by atoms with van der Waals surface area (Å²) in [6.45, 7) is 10.4. The first-order chi connectivity index (χ1) is 14.4. The molecule has 1 fully saturated rings. The first-order valence-corrected chi connectivity index (χ1v) is 11.3. The van der Waals surface area contributed by atoms with Gasteiger partial charge in [-0.25, -0.2) is 0 Å². The van der Waals surface area contributed by atoms with Crippen molar-refractivity contribution in [3.63, 3.8) is 0 Å². The Balaban J connectivity index is 1.52. The summed E-state index contributed by atoms with van der Waals surface area (Å²) in [6.07, 6.45) is 13.9. The molecule has 3 atom stereocenters. The first-order valence-electron chi connectivity index (χ1n) is 11.3. The van der Waals surface area contributed by atoms with Crippen molar-refractivity contribution in [1.29, 1.82) is 0 Å². The van der Waals surface area contributed by atoms with E-state index in [-0.39, 0.29) is 11.7 Å². The van der Waals surface area contributed by atoms with Crippen LogP contribution < -0.4 is 0 Å². The van der Waals surface area contributed by atoms with E-state index in [1.807, 2.05) is 6.92 Å². The molecule has 3 unspecified atom stereocenters. The Morgan fingerprint density at radius 2 is 2.17 bits per heavy atom. The highest BCUT2D eigenvalue weighted by Crippen LogP contribution is 2.41. The van der Waals surface area contributed by atoms with E-state index in [9.17, 15) is 10.2 Å². The van der Waals surface area contributed by atoms with Gasteiger partial charge in [-0.3, -0.25) is 4.90 Å². The second-order valence-corrected chi connectivity index (χ2v) is 9.19. The standard InChI is InChI=1S/C26H35NO3/c1-17(19(3)28)13-21-11-12-27-15-23-22(14-24(27)18(21)2)9-10-25(29)26(23)30-16-20-7-5-4-6-8-20/h5,7-9,17,24-25,28-29H,3-4,6,10-16H2,1-2H3. The lowest BCUT2D eigenvalue weighted by molar-refractivity contribution is 0.102. The average molecular weight is 410 g/mol. The van der Waals surface area contributed by atoms with Gasteiger partial charge in [0.1, 0.15) is 18.5 Å². The van der Waals surface area contributed by atoms with Crippen molar-refractivity contribution >= 4 is 0 Å². The molecule has 2 aliphatic heterocycles. The number of nitrogens with zero attached hydrogens (tertiary/aromatic N) is 1. The van der Waals surface area contributed by atoms with E-state index in [1.54, 1.807) is 0 Å². The van der Waals surface area contributed by atoms with Crippen molar-refractivity contribution in [3.05, 3.63) is 70.3 Å². The maximum absolute atomic E-state index is 10.7. The van der Waals surface area contributed by atoms with Gasteiger partial charge in [0.05, 0.1) is 5.76 Å². The number of aliphatic hydroxyl groups is 2.